The van der Waals surface area contributed by atoms with Crippen LogP contribution in [0.3, 0.4) is 0 Å². The molecule has 0 aliphatic carbocycles. The van der Waals surface area contributed by atoms with E-state index in [0.717, 1.165) is 5.56 Å². The topological polar surface area (TPSA) is 113 Å². The number of nitrogens with zero attached hydrogens (tertiary/aromatic N) is 2. The van der Waals surface area contributed by atoms with Crippen LogP contribution in [0.25, 0.3) is 0 Å². The Morgan fingerprint density at radius 1 is 1.00 bits per heavy atom. The molecular weight excluding hydrogens is 490 g/mol. The molecule has 7 heteroatoms. The Morgan fingerprint density at radius 2 is 1.67 bits per heavy atom. The highest BCUT2D eigenvalue weighted by Crippen LogP contribution is 2.35. The summed E-state index contributed by atoms with van der Waals surface area (Å²) in [6.45, 7) is 4.06. The van der Waals surface area contributed by atoms with E-state index in [0.29, 0.717) is 41.8 Å². The van der Waals surface area contributed by atoms with Crippen LogP contribution < -0.4 is 10.6 Å². The normalized spacial score (nSPS) is 17.2. The van der Waals surface area contributed by atoms with Crippen LogP contribution in [0.1, 0.15) is 60.2 Å². The fourth-order valence-corrected chi connectivity index (χ4v) is 4.99. The van der Waals surface area contributed by atoms with Crippen molar-refractivity contribution in [3.63, 3.8) is 0 Å². The summed E-state index contributed by atoms with van der Waals surface area (Å²) in [5, 5.41) is 9.09. The maximum absolute atomic E-state index is 13.6. The molecule has 1 heterocycles. The van der Waals surface area contributed by atoms with Gasteiger partial charge in [-0.2, -0.15) is 5.26 Å². The highest BCUT2D eigenvalue weighted by atomic mass is 16.5. The Balaban J connectivity index is 1.55. The number of piperidine rings is 1. The highest BCUT2D eigenvalue weighted by molar-refractivity contribution is 6.13. The Hall–Kier alpha value is -4.28. The Morgan fingerprint density at radius 3 is 2.33 bits per heavy atom. The van der Waals surface area contributed by atoms with E-state index in [9.17, 15) is 14.4 Å². The Labute approximate surface area is 229 Å². The van der Waals surface area contributed by atoms with Gasteiger partial charge in [-0.1, -0.05) is 42.5 Å². The van der Waals surface area contributed by atoms with Gasteiger partial charge in [0.2, 0.25) is 0 Å². The maximum Gasteiger partial charge on any atom is 0.306 e. The van der Waals surface area contributed by atoms with Crippen LogP contribution in [-0.2, 0) is 20.9 Å². The summed E-state index contributed by atoms with van der Waals surface area (Å²) in [4.78, 5) is 41.7. The summed E-state index contributed by atoms with van der Waals surface area (Å²) >= 11 is 0. The zero-order valence-electron chi connectivity index (χ0n) is 22.3. The van der Waals surface area contributed by atoms with E-state index in [1.807, 2.05) is 47.4 Å². The average Bonchev–Trinajstić information content (AvgIpc) is 2.95. The molecule has 1 saturated heterocycles. The van der Waals surface area contributed by atoms with Crippen LogP contribution >= 0.6 is 0 Å². The number of carbonyl (C=O) groups is 3. The fourth-order valence-electron chi connectivity index (χ4n) is 4.99. The molecule has 2 unspecified atom stereocenters. The van der Waals surface area contributed by atoms with Crippen molar-refractivity contribution in [2.75, 3.05) is 11.4 Å². The number of hydrogen-bond acceptors (Lipinski definition) is 7. The Kier molecular flexibility index (Phi) is 8.58. The van der Waals surface area contributed by atoms with Gasteiger partial charge in [-0.15, -0.1) is 0 Å². The van der Waals surface area contributed by atoms with E-state index in [2.05, 4.69) is 6.07 Å². The fraction of sp³-hybridized carbons (Fsp3) is 0.312. The third-order valence-electron chi connectivity index (χ3n) is 7.08. The van der Waals surface area contributed by atoms with Crippen molar-refractivity contribution in [2.24, 2.45) is 11.7 Å². The van der Waals surface area contributed by atoms with Crippen LogP contribution in [0.5, 0.6) is 0 Å². The SMILES string of the molecule is CC(C)(N)C(=O)C1CC(CC(=O)OCc2ccccc2)CCN1c1ccccc1C(=O)c1ccc(C#N)cc1. The Bertz CT molecular complexity index is 1370. The van der Waals surface area contributed by atoms with E-state index in [-0.39, 0.29) is 36.5 Å². The molecule has 2 N–H and O–H groups in total. The third kappa shape index (κ3) is 6.78. The van der Waals surface area contributed by atoms with Crippen molar-refractivity contribution in [1.29, 1.82) is 5.26 Å². The number of esters is 1. The molecule has 1 aliphatic heterocycles. The largest absolute Gasteiger partial charge is 0.461 e. The molecule has 4 rings (SSSR count). The maximum atomic E-state index is 13.6. The third-order valence-corrected chi connectivity index (χ3v) is 7.08. The van der Waals surface area contributed by atoms with Crippen molar-refractivity contribution in [3.05, 3.63) is 101 Å². The number of carbonyl (C=O) groups excluding carboxylic acids is 3. The quantitative estimate of drug-likeness (QED) is 0.316. The molecule has 1 aliphatic rings. The molecule has 200 valence electrons. The first-order valence-electron chi connectivity index (χ1n) is 13.1. The van der Waals surface area contributed by atoms with Crippen LogP contribution in [0.2, 0.25) is 0 Å². The van der Waals surface area contributed by atoms with Gasteiger partial charge in [-0.05, 0) is 74.6 Å². The summed E-state index contributed by atoms with van der Waals surface area (Å²) in [5.74, 6) is -0.695. The van der Waals surface area contributed by atoms with Gasteiger partial charge in [0.1, 0.15) is 6.61 Å². The predicted molar refractivity (Wildman–Crippen MR) is 149 cm³/mol. The lowest BCUT2D eigenvalue weighted by Gasteiger charge is -2.42. The molecule has 0 spiro atoms. The van der Waals surface area contributed by atoms with Crippen LogP contribution in [0, 0.1) is 17.2 Å². The monoisotopic (exact) mass is 523 g/mol. The number of hydrogen-bond donors (Lipinski definition) is 1. The summed E-state index contributed by atoms with van der Waals surface area (Å²) in [6, 6.07) is 24.7. The number of ketones is 2. The minimum atomic E-state index is -1.09. The van der Waals surface area contributed by atoms with Crippen molar-refractivity contribution in [1.82, 2.24) is 0 Å². The molecule has 0 radical (unpaired) electrons. The van der Waals surface area contributed by atoms with Crippen LogP contribution in [0.15, 0.2) is 78.9 Å². The number of nitriles is 1. The van der Waals surface area contributed by atoms with Gasteiger partial charge in [-0.3, -0.25) is 14.4 Å². The molecule has 0 bridgehead atoms. The number of nitrogens with two attached hydrogens (primary N) is 1. The first-order chi connectivity index (χ1) is 18.7. The number of ether oxygens (including phenoxy) is 1. The first kappa shape index (κ1) is 27.7. The number of benzene rings is 3. The van der Waals surface area contributed by atoms with Crippen molar-refractivity contribution >= 4 is 23.2 Å². The number of para-hydroxylation sites is 1. The van der Waals surface area contributed by atoms with Crippen molar-refractivity contribution in [2.45, 2.75) is 51.3 Å². The van der Waals surface area contributed by atoms with Gasteiger partial charge in [0.05, 0.1) is 23.2 Å². The van der Waals surface area contributed by atoms with Crippen molar-refractivity contribution < 1.29 is 19.1 Å². The minimum absolute atomic E-state index is 0.0535. The molecule has 1 fully saturated rings. The lowest BCUT2D eigenvalue weighted by Crippen LogP contribution is -2.57. The van der Waals surface area contributed by atoms with E-state index in [1.54, 1.807) is 50.2 Å². The molecular formula is C32H33N3O4. The van der Waals surface area contributed by atoms with Gasteiger partial charge in [0, 0.05) is 29.8 Å². The van der Waals surface area contributed by atoms with E-state index in [1.165, 1.54) is 0 Å². The molecule has 2 atom stereocenters. The molecule has 3 aromatic carbocycles. The van der Waals surface area contributed by atoms with E-state index in [4.69, 9.17) is 15.7 Å². The van der Waals surface area contributed by atoms with Gasteiger partial charge in [-0.25, -0.2) is 0 Å². The summed E-state index contributed by atoms with van der Waals surface area (Å²) < 4.78 is 5.49. The first-order valence-corrected chi connectivity index (χ1v) is 13.1. The minimum Gasteiger partial charge on any atom is -0.461 e. The zero-order chi connectivity index (χ0) is 28.0. The smallest absolute Gasteiger partial charge is 0.306 e. The number of rotatable bonds is 9. The molecule has 0 saturated carbocycles. The average molecular weight is 524 g/mol. The van der Waals surface area contributed by atoms with Crippen LogP contribution in [-0.4, -0.2) is 35.7 Å². The molecule has 7 nitrogen and oxygen atoms in total. The number of Topliss-reactive ketones (excluding diaryl/α,β-unsaturated/α-hetero) is 1. The highest BCUT2D eigenvalue weighted by Gasteiger charge is 2.40. The lowest BCUT2D eigenvalue weighted by atomic mass is 9.81. The van der Waals surface area contributed by atoms with E-state index < -0.39 is 11.6 Å². The standard InChI is InChI=1S/C32H33N3O4/c1-32(2,34)31(38)28-18-24(19-29(36)39-21-23-8-4-3-5-9-23)16-17-35(28)27-11-7-6-10-26(27)30(37)25-14-12-22(20-33)13-15-25/h3-15,24,28H,16-19,21,34H2,1-2H3. The molecule has 39 heavy (non-hydrogen) atoms. The lowest BCUT2D eigenvalue weighted by molar-refractivity contribution is -0.146. The second kappa shape index (κ2) is 12.1. The van der Waals surface area contributed by atoms with Gasteiger partial charge >= 0.3 is 5.97 Å². The summed E-state index contributed by atoms with van der Waals surface area (Å²) in [7, 11) is 0. The summed E-state index contributed by atoms with van der Waals surface area (Å²) in [5.41, 5.74) is 8.14. The predicted octanol–water partition coefficient (Wildman–Crippen LogP) is 4.81. The van der Waals surface area contributed by atoms with Gasteiger partial charge in [0.25, 0.3) is 0 Å². The van der Waals surface area contributed by atoms with Gasteiger partial charge < -0.3 is 15.4 Å². The van der Waals surface area contributed by atoms with E-state index >= 15 is 0 Å². The molecule has 0 aromatic heterocycles. The van der Waals surface area contributed by atoms with Crippen molar-refractivity contribution in [3.8, 4) is 6.07 Å². The molecule has 3 aromatic rings. The van der Waals surface area contributed by atoms with Gasteiger partial charge in [0.15, 0.2) is 11.6 Å². The zero-order valence-corrected chi connectivity index (χ0v) is 22.3. The summed E-state index contributed by atoms with van der Waals surface area (Å²) in [6.07, 6.45) is 1.30. The second-order valence-electron chi connectivity index (χ2n) is 10.6. The van der Waals surface area contributed by atoms with Crippen LogP contribution in [0.4, 0.5) is 5.69 Å². The number of anilines is 1. The molecule has 0 amide bonds. The second-order valence-corrected chi connectivity index (χ2v) is 10.6.